The number of hydrogen-bond acceptors (Lipinski definition) is 3. The monoisotopic (exact) mass is 386 g/mol. The van der Waals surface area contributed by atoms with E-state index in [4.69, 9.17) is 0 Å². The largest absolute Gasteiger partial charge is 0.335 e. The van der Waals surface area contributed by atoms with Gasteiger partial charge in [-0.15, -0.1) is 0 Å². The number of rotatable bonds is 5. The molecule has 1 atom stereocenters. The van der Waals surface area contributed by atoms with Crippen LogP contribution in [-0.2, 0) is 23.0 Å². The zero-order valence-electron chi connectivity index (χ0n) is 16.3. The number of carbonyl (C=O) groups is 1. The van der Waals surface area contributed by atoms with Gasteiger partial charge in [-0.25, -0.2) is 8.42 Å². The minimum absolute atomic E-state index is 0.0333. The molecule has 6 heteroatoms. The van der Waals surface area contributed by atoms with Crippen molar-refractivity contribution in [1.82, 2.24) is 4.90 Å². The van der Waals surface area contributed by atoms with Crippen LogP contribution in [0.2, 0.25) is 0 Å². The van der Waals surface area contributed by atoms with Crippen LogP contribution in [0.4, 0.5) is 5.69 Å². The summed E-state index contributed by atoms with van der Waals surface area (Å²) in [7, 11) is -3.33. The van der Waals surface area contributed by atoms with Gasteiger partial charge >= 0.3 is 0 Å². The van der Waals surface area contributed by atoms with Crippen LogP contribution in [0.1, 0.15) is 40.9 Å². The first-order chi connectivity index (χ1) is 12.7. The molecule has 1 aliphatic rings. The molecule has 27 heavy (non-hydrogen) atoms. The Morgan fingerprint density at radius 1 is 1.22 bits per heavy atom. The van der Waals surface area contributed by atoms with Crippen molar-refractivity contribution in [1.29, 1.82) is 0 Å². The molecule has 0 saturated heterocycles. The lowest BCUT2D eigenvalue weighted by molar-refractivity contribution is 0.0752. The molecular weight excluding hydrogens is 360 g/mol. The highest BCUT2D eigenvalue weighted by atomic mass is 32.2. The third kappa shape index (κ3) is 3.86. The molecule has 0 N–H and O–H groups in total. The lowest BCUT2D eigenvalue weighted by Gasteiger charge is -2.23. The van der Waals surface area contributed by atoms with Crippen molar-refractivity contribution in [3.63, 3.8) is 0 Å². The summed E-state index contributed by atoms with van der Waals surface area (Å²) in [6.45, 7) is 7.07. The first kappa shape index (κ1) is 19.4. The molecule has 0 spiro atoms. The van der Waals surface area contributed by atoms with Gasteiger partial charge in [0.05, 0.1) is 11.9 Å². The van der Waals surface area contributed by atoms with Crippen LogP contribution in [-0.4, -0.2) is 38.1 Å². The zero-order chi connectivity index (χ0) is 19.8. The Bertz CT molecular complexity index is 969. The SMILES string of the molecule is CCN(Cc1ccccc1C)C(=O)c1ccc2c(c1)CC(C)N2S(C)(=O)=O. The van der Waals surface area contributed by atoms with E-state index < -0.39 is 10.0 Å². The fourth-order valence-electron chi connectivity index (χ4n) is 3.74. The Kier molecular flexibility index (Phi) is 5.29. The number of anilines is 1. The number of sulfonamides is 1. The van der Waals surface area contributed by atoms with Crippen LogP contribution in [0.5, 0.6) is 0 Å². The summed E-state index contributed by atoms with van der Waals surface area (Å²) >= 11 is 0. The molecule has 144 valence electrons. The van der Waals surface area contributed by atoms with Crippen molar-refractivity contribution in [2.75, 3.05) is 17.1 Å². The number of amides is 1. The summed E-state index contributed by atoms with van der Waals surface area (Å²) in [5, 5.41) is 0. The van der Waals surface area contributed by atoms with Gasteiger partial charge in [0.25, 0.3) is 5.91 Å². The fourth-order valence-corrected chi connectivity index (χ4v) is 5.01. The minimum Gasteiger partial charge on any atom is -0.335 e. The number of aryl methyl sites for hydroxylation is 1. The van der Waals surface area contributed by atoms with Gasteiger partial charge in [-0.3, -0.25) is 9.10 Å². The van der Waals surface area contributed by atoms with Crippen molar-refractivity contribution in [2.45, 2.75) is 39.8 Å². The molecule has 2 aromatic carbocycles. The van der Waals surface area contributed by atoms with E-state index in [1.807, 2.05) is 56.0 Å². The zero-order valence-corrected chi connectivity index (χ0v) is 17.1. The standard InChI is InChI=1S/C21H26N2O3S/c1-5-22(14-18-9-7-6-8-15(18)2)21(24)17-10-11-20-19(13-17)12-16(3)23(20)27(4,25)26/h6-11,13,16H,5,12,14H2,1-4H3. The first-order valence-electron chi connectivity index (χ1n) is 9.18. The second kappa shape index (κ2) is 7.35. The van der Waals surface area contributed by atoms with E-state index in [1.165, 1.54) is 10.6 Å². The quantitative estimate of drug-likeness (QED) is 0.792. The van der Waals surface area contributed by atoms with E-state index in [1.54, 1.807) is 12.1 Å². The predicted molar refractivity (Wildman–Crippen MR) is 109 cm³/mol. The number of nitrogens with zero attached hydrogens (tertiary/aromatic N) is 2. The Hall–Kier alpha value is -2.34. The van der Waals surface area contributed by atoms with Crippen molar-refractivity contribution < 1.29 is 13.2 Å². The normalized spacial score (nSPS) is 16.3. The fraction of sp³-hybridized carbons (Fsp3) is 0.381. The van der Waals surface area contributed by atoms with Gasteiger partial charge in [0.1, 0.15) is 0 Å². The minimum atomic E-state index is -3.33. The van der Waals surface area contributed by atoms with Gasteiger partial charge in [-0.05, 0) is 62.1 Å². The van der Waals surface area contributed by atoms with E-state index in [2.05, 4.69) is 0 Å². The lowest BCUT2D eigenvalue weighted by Crippen LogP contribution is -2.34. The topological polar surface area (TPSA) is 57.7 Å². The average molecular weight is 387 g/mol. The van der Waals surface area contributed by atoms with E-state index in [9.17, 15) is 13.2 Å². The second-order valence-electron chi connectivity index (χ2n) is 7.20. The van der Waals surface area contributed by atoms with E-state index >= 15 is 0 Å². The third-order valence-electron chi connectivity index (χ3n) is 5.13. The smallest absolute Gasteiger partial charge is 0.254 e. The van der Waals surface area contributed by atoms with Crippen molar-refractivity contribution in [2.24, 2.45) is 0 Å². The highest BCUT2D eigenvalue weighted by molar-refractivity contribution is 7.92. The Balaban J connectivity index is 1.87. The maximum absolute atomic E-state index is 13.0. The summed E-state index contributed by atoms with van der Waals surface area (Å²) in [4.78, 5) is 14.9. The Labute approximate surface area is 161 Å². The maximum atomic E-state index is 13.0. The van der Waals surface area contributed by atoms with Crippen molar-refractivity contribution in [3.05, 3.63) is 64.7 Å². The average Bonchev–Trinajstić information content (AvgIpc) is 2.95. The highest BCUT2D eigenvalue weighted by Gasteiger charge is 2.33. The summed E-state index contributed by atoms with van der Waals surface area (Å²) in [5.74, 6) is -0.0333. The third-order valence-corrected chi connectivity index (χ3v) is 6.40. The molecule has 5 nitrogen and oxygen atoms in total. The van der Waals surface area contributed by atoms with Gasteiger partial charge in [0.15, 0.2) is 0 Å². The van der Waals surface area contributed by atoms with Gasteiger partial charge in [-0.2, -0.15) is 0 Å². The van der Waals surface area contributed by atoms with E-state index in [0.29, 0.717) is 30.8 Å². The predicted octanol–water partition coefficient (Wildman–Crippen LogP) is 3.37. The molecule has 1 heterocycles. The van der Waals surface area contributed by atoms with E-state index in [0.717, 1.165) is 16.7 Å². The number of benzene rings is 2. The Morgan fingerprint density at radius 2 is 1.93 bits per heavy atom. The molecule has 0 aromatic heterocycles. The van der Waals surface area contributed by atoms with Crippen LogP contribution < -0.4 is 4.31 Å². The number of carbonyl (C=O) groups excluding carboxylic acids is 1. The molecule has 0 fully saturated rings. The maximum Gasteiger partial charge on any atom is 0.254 e. The number of hydrogen-bond donors (Lipinski definition) is 0. The molecule has 3 rings (SSSR count). The summed E-state index contributed by atoms with van der Waals surface area (Å²) in [6.07, 6.45) is 1.84. The van der Waals surface area contributed by atoms with Gasteiger partial charge in [0.2, 0.25) is 10.0 Å². The van der Waals surface area contributed by atoms with Crippen LogP contribution in [0, 0.1) is 6.92 Å². The summed E-state index contributed by atoms with van der Waals surface area (Å²) in [6, 6.07) is 13.3. The molecule has 0 aliphatic carbocycles. The van der Waals surface area contributed by atoms with Crippen LogP contribution >= 0.6 is 0 Å². The van der Waals surface area contributed by atoms with Gasteiger partial charge in [-0.1, -0.05) is 24.3 Å². The highest BCUT2D eigenvalue weighted by Crippen LogP contribution is 2.35. The van der Waals surface area contributed by atoms with Crippen LogP contribution in [0.3, 0.4) is 0 Å². The first-order valence-corrected chi connectivity index (χ1v) is 11.0. The summed E-state index contributed by atoms with van der Waals surface area (Å²) in [5.41, 5.74) is 4.49. The molecule has 1 amide bonds. The summed E-state index contributed by atoms with van der Waals surface area (Å²) < 4.78 is 25.6. The second-order valence-corrected chi connectivity index (χ2v) is 9.06. The lowest BCUT2D eigenvalue weighted by atomic mass is 10.0. The van der Waals surface area contributed by atoms with Gasteiger partial charge in [0, 0.05) is 24.7 Å². The van der Waals surface area contributed by atoms with Crippen LogP contribution in [0.15, 0.2) is 42.5 Å². The molecule has 0 bridgehead atoms. The Morgan fingerprint density at radius 3 is 2.56 bits per heavy atom. The molecule has 0 radical (unpaired) electrons. The van der Waals surface area contributed by atoms with Crippen molar-refractivity contribution >= 4 is 21.6 Å². The molecule has 2 aromatic rings. The van der Waals surface area contributed by atoms with E-state index in [-0.39, 0.29) is 11.9 Å². The van der Waals surface area contributed by atoms with Crippen LogP contribution in [0.25, 0.3) is 0 Å². The molecule has 1 unspecified atom stereocenters. The van der Waals surface area contributed by atoms with Crippen molar-refractivity contribution in [3.8, 4) is 0 Å². The molecular formula is C21H26N2O3S. The number of fused-ring (bicyclic) bond motifs is 1. The molecule has 1 aliphatic heterocycles. The molecule has 0 saturated carbocycles. The van der Waals surface area contributed by atoms with Gasteiger partial charge < -0.3 is 4.90 Å².